The monoisotopic (exact) mass is 312 g/mol. The molecule has 1 fully saturated rings. The molecule has 0 aromatic heterocycles. The first-order valence-corrected chi connectivity index (χ1v) is 7.04. The molecule has 1 heterocycles. The van der Waals surface area contributed by atoms with Gasteiger partial charge in [-0.2, -0.15) is 0 Å². The van der Waals surface area contributed by atoms with Gasteiger partial charge in [0, 0.05) is 36.8 Å². The third-order valence-electron chi connectivity index (χ3n) is 3.19. The molecule has 0 spiro atoms. The number of benzene rings is 1. The van der Waals surface area contributed by atoms with E-state index in [-0.39, 0.29) is 5.91 Å². The fraction of sp³-hybridized carbons (Fsp3) is 0.429. The quantitative estimate of drug-likeness (QED) is 0.860. The number of halogens is 1. The molecule has 1 aromatic rings. The summed E-state index contributed by atoms with van der Waals surface area (Å²) in [6.45, 7) is 1.81. The van der Waals surface area contributed by atoms with E-state index in [1.165, 1.54) is 0 Å². The average molecular weight is 313 g/mol. The summed E-state index contributed by atoms with van der Waals surface area (Å²) in [7, 11) is 0. The van der Waals surface area contributed by atoms with Crippen LogP contribution in [0, 0.1) is 0 Å². The van der Waals surface area contributed by atoms with Crippen molar-refractivity contribution in [3.8, 4) is 0 Å². The molecular formula is C14H17ClN2O4. The number of hydrogen-bond acceptors (Lipinski definition) is 4. The fourth-order valence-corrected chi connectivity index (χ4v) is 2.29. The fourth-order valence-electron chi connectivity index (χ4n) is 2.10. The second-order valence-electron chi connectivity index (χ2n) is 4.81. The first-order chi connectivity index (χ1) is 10.0. The number of carboxylic acid groups (broad SMARTS) is 1. The molecule has 1 amide bonds. The lowest BCUT2D eigenvalue weighted by atomic mass is 10.2. The van der Waals surface area contributed by atoms with Crippen molar-refractivity contribution < 1.29 is 19.4 Å². The highest BCUT2D eigenvalue weighted by Crippen LogP contribution is 2.15. The van der Waals surface area contributed by atoms with Crippen LogP contribution < -0.4 is 5.32 Å². The van der Waals surface area contributed by atoms with Gasteiger partial charge < -0.3 is 15.2 Å². The van der Waals surface area contributed by atoms with Crippen molar-refractivity contribution in [2.45, 2.75) is 12.5 Å². The van der Waals surface area contributed by atoms with Crippen LogP contribution in [0.5, 0.6) is 0 Å². The smallest absolute Gasteiger partial charge is 0.334 e. The second-order valence-corrected chi connectivity index (χ2v) is 5.24. The Morgan fingerprint density at radius 3 is 3.00 bits per heavy atom. The van der Waals surface area contributed by atoms with Crippen molar-refractivity contribution in [2.24, 2.45) is 0 Å². The molecule has 21 heavy (non-hydrogen) atoms. The van der Waals surface area contributed by atoms with E-state index in [9.17, 15) is 9.59 Å². The number of nitrogens with zero attached hydrogens (tertiary/aromatic N) is 1. The van der Waals surface area contributed by atoms with Gasteiger partial charge in [0.15, 0.2) is 6.10 Å². The number of hydrogen-bond donors (Lipinski definition) is 2. The Morgan fingerprint density at radius 1 is 1.48 bits per heavy atom. The van der Waals surface area contributed by atoms with Gasteiger partial charge in [-0.3, -0.25) is 9.69 Å². The van der Waals surface area contributed by atoms with Crippen LogP contribution in [0.25, 0.3) is 0 Å². The molecule has 1 aromatic carbocycles. The molecule has 1 aliphatic rings. The number of nitrogens with one attached hydrogen (secondary N) is 1. The number of aliphatic carboxylic acids is 1. The number of carbonyl (C=O) groups is 2. The number of carboxylic acids is 1. The number of ether oxygens (including phenoxy) is 1. The van der Waals surface area contributed by atoms with Gasteiger partial charge in [-0.15, -0.1) is 0 Å². The van der Waals surface area contributed by atoms with Crippen LogP contribution >= 0.6 is 11.6 Å². The minimum atomic E-state index is -0.969. The molecule has 0 saturated carbocycles. The first kappa shape index (κ1) is 15.8. The van der Waals surface area contributed by atoms with Crippen molar-refractivity contribution >= 4 is 29.2 Å². The lowest BCUT2D eigenvalue weighted by Crippen LogP contribution is -2.46. The van der Waals surface area contributed by atoms with Crippen LogP contribution in [-0.2, 0) is 14.3 Å². The van der Waals surface area contributed by atoms with E-state index in [1.54, 1.807) is 24.3 Å². The predicted molar refractivity (Wildman–Crippen MR) is 78.5 cm³/mol. The number of amides is 1. The number of morpholine rings is 1. The topological polar surface area (TPSA) is 78.9 Å². The van der Waals surface area contributed by atoms with Gasteiger partial charge in [0.25, 0.3) is 0 Å². The zero-order valence-corrected chi connectivity index (χ0v) is 12.2. The molecule has 114 valence electrons. The molecule has 0 bridgehead atoms. The molecule has 1 atom stereocenters. The van der Waals surface area contributed by atoms with Crippen LogP contribution in [-0.4, -0.2) is 54.2 Å². The van der Waals surface area contributed by atoms with E-state index in [2.05, 4.69) is 5.32 Å². The van der Waals surface area contributed by atoms with E-state index in [0.717, 1.165) is 0 Å². The zero-order valence-electron chi connectivity index (χ0n) is 11.4. The molecule has 2 rings (SSSR count). The van der Waals surface area contributed by atoms with Crippen molar-refractivity contribution in [1.82, 2.24) is 4.90 Å². The summed E-state index contributed by atoms with van der Waals surface area (Å²) >= 11 is 5.84. The maximum Gasteiger partial charge on any atom is 0.334 e. The summed E-state index contributed by atoms with van der Waals surface area (Å²) in [5, 5.41) is 12.2. The van der Waals surface area contributed by atoms with Crippen LogP contribution in [0.4, 0.5) is 5.69 Å². The van der Waals surface area contributed by atoms with Gasteiger partial charge in [-0.25, -0.2) is 4.79 Å². The lowest BCUT2D eigenvalue weighted by molar-refractivity contribution is -0.156. The standard InChI is InChI=1S/C14H17ClN2O4/c15-10-2-1-3-11(8-10)16-13(18)4-5-17-6-7-21-12(9-17)14(19)20/h1-3,8,12H,4-7,9H2,(H,16,18)(H,19,20). The molecule has 7 heteroatoms. The van der Waals surface area contributed by atoms with Gasteiger partial charge in [0.2, 0.25) is 5.91 Å². The molecule has 2 N–H and O–H groups in total. The molecule has 0 aliphatic carbocycles. The maximum absolute atomic E-state index is 11.9. The molecular weight excluding hydrogens is 296 g/mol. The van der Waals surface area contributed by atoms with Crippen molar-refractivity contribution in [3.05, 3.63) is 29.3 Å². The van der Waals surface area contributed by atoms with Gasteiger partial charge in [0.05, 0.1) is 6.61 Å². The second kappa shape index (κ2) is 7.40. The number of carbonyl (C=O) groups excluding carboxylic acids is 1. The van der Waals surface area contributed by atoms with Gasteiger partial charge in [0.1, 0.15) is 0 Å². The minimum absolute atomic E-state index is 0.129. The summed E-state index contributed by atoms with van der Waals surface area (Å²) in [5.41, 5.74) is 0.651. The summed E-state index contributed by atoms with van der Waals surface area (Å²) in [6.07, 6.45) is -0.520. The summed E-state index contributed by atoms with van der Waals surface area (Å²) in [4.78, 5) is 24.6. The first-order valence-electron chi connectivity index (χ1n) is 6.67. The van der Waals surface area contributed by atoms with Crippen LogP contribution in [0.3, 0.4) is 0 Å². The Kier molecular flexibility index (Phi) is 5.55. The van der Waals surface area contributed by atoms with E-state index in [1.807, 2.05) is 4.90 Å². The zero-order chi connectivity index (χ0) is 15.2. The Hall–Kier alpha value is -1.63. The van der Waals surface area contributed by atoms with Crippen molar-refractivity contribution in [3.63, 3.8) is 0 Å². The molecule has 0 radical (unpaired) electrons. The van der Waals surface area contributed by atoms with Gasteiger partial charge in [-0.05, 0) is 18.2 Å². The SMILES string of the molecule is O=C(CCN1CCOC(C(=O)O)C1)Nc1cccc(Cl)c1. The summed E-state index contributed by atoms with van der Waals surface area (Å²) < 4.78 is 5.13. The van der Waals surface area contributed by atoms with Gasteiger partial charge >= 0.3 is 5.97 Å². The third kappa shape index (κ3) is 5.00. The minimum Gasteiger partial charge on any atom is -0.479 e. The van der Waals surface area contributed by atoms with Crippen LogP contribution in [0.1, 0.15) is 6.42 Å². The van der Waals surface area contributed by atoms with Crippen molar-refractivity contribution in [1.29, 1.82) is 0 Å². The Balaban J connectivity index is 1.77. The van der Waals surface area contributed by atoms with Crippen LogP contribution in [0.15, 0.2) is 24.3 Å². The van der Waals surface area contributed by atoms with Crippen LogP contribution in [0.2, 0.25) is 5.02 Å². The molecule has 1 saturated heterocycles. The van der Waals surface area contributed by atoms with E-state index < -0.39 is 12.1 Å². The molecule has 1 aliphatic heterocycles. The molecule has 6 nitrogen and oxygen atoms in total. The highest BCUT2D eigenvalue weighted by atomic mass is 35.5. The Bertz CT molecular complexity index is 523. The summed E-state index contributed by atoms with van der Waals surface area (Å²) in [6, 6.07) is 6.93. The normalized spacial score (nSPS) is 19.2. The lowest BCUT2D eigenvalue weighted by Gasteiger charge is -2.30. The van der Waals surface area contributed by atoms with Gasteiger partial charge in [-0.1, -0.05) is 17.7 Å². The largest absolute Gasteiger partial charge is 0.479 e. The van der Waals surface area contributed by atoms with E-state index >= 15 is 0 Å². The predicted octanol–water partition coefficient (Wildman–Crippen LogP) is 1.45. The highest BCUT2D eigenvalue weighted by Gasteiger charge is 2.26. The third-order valence-corrected chi connectivity index (χ3v) is 3.42. The van der Waals surface area contributed by atoms with E-state index in [0.29, 0.717) is 43.4 Å². The Morgan fingerprint density at radius 2 is 2.29 bits per heavy atom. The summed E-state index contributed by atoms with van der Waals surface area (Å²) in [5.74, 6) is -1.10. The molecule has 1 unspecified atom stereocenters. The maximum atomic E-state index is 11.9. The number of rotatable bonds is 5. The average Bonchev–Trinajstić information content (AvgIpc) is 2.45. The highest BCUT2D eigenvalue weighted by molar-refractivity contribution is 6.30. The van der Waals surface area contributed by atoms with E-state index in [4.69, 9.17) is 21.4 Å². The Labute approximate surface area is 127 Å². The van der Waals surface area contributed by atoms with Crippen molar-refractivity contribution in [2.75, 3.05) is 31.6 Å². The number of anilines is 1.